The lowest BCUT2D eigenvalue weighted by atomic mass is 10.3. The van der Waals surface area contributed by atoms with E-state index in [2.05, 4.69) is 10.2 Å². The molecule has 20 heavy (non-hydrogen) atoms. The van der Waals surface area contributed by atoms with Gasteiger partial charge in [0.05, 0.1) is 15.6 Å². The third-order valence-corrected chi connectivity index (χ3v) is 3.55. The molecule has 0 amide bonds. The summed E-state index contributed by atoms with van der Waals surface area (Å²) in [5.74, 6) is 0. The molecule has 8 heteroatoms. The Bertz CT molecular complexity index is 758. The lowest BCUT2D eigenvalue weighted by Crippen LogP contribution is -1.96. The average Bonchev–Trinajstić information content (AvgIpc) is 2.37. The minimum Gasteiger partial charge on any atom is -0.399 e. The summed E-state index contributed by atoms with van der Waals surface area (Å²) in [5, 5.41) is 8.21. The SMILES string of the molecule is Nc1ccc(N=Nc2ccc(S(=O)(=O)O)cc2)c(Cl)c1. The number of nitrogens with two attached hydrogens (primary N) is 1. The molecule has 0 radical (unpaired) electrons. The second-order valence-electron chi connectivity index (χ2n) is 3.88. The molecule has 2 rings (SSSR count). The zero-order chi connectivity index (χ0) is 14.8. The van der Waals surface area contributed by atoms with Crippen molar-refractivity contribution in [1.82, 2.24) is 0 Å². The van der Waals surface area contributed by atoms with Crippen molar-refractivity contribution in [2.75, 3.05) is 5.73 Å². The molecule has 0 spiro atoms. The molecule has 0 fully saturated rings. The second kappa shape index (κ2) is 5.58. The first-order valence-electron chi connectivity index (χ1n) is 5.40. The van der Waals surface area contributed by atoms with Crippen LogP contribution in [0.25, 0.3) is 0 Å². The van der Waals surface area contributed by atoms with E-state index in [4.69, 9.17) is 21.9 Å². The first-order chi connectivity index (χ1) is 9.36. The van der Waals surface area contributed by atoms with E-state index in [-0.39, 0.29) is 4.90 Å². The van der Waals surface area contributed by atoms with E-state index in [0.717, 1.165) is 0 Å². The first kappa shape index (κ1) is 14.4. The van der Waals surface area contributed by atoms with Crippen molar-refractivity contribution in [1.29, 1.82) is 0 Å². The average molecular weight is 312 g/mol. The van der Waals surface area contributed by atoms with Crippen LogP contribution >= 0.6 is 11.6 Å². The van der Waals surface area contributed by atoms with Crippen LogP contribution in [0.2, 0.25) is 5.02 Å². The summed E-state index contributed by atoms with van der Waals surface area (Å²) >= 11 is 5.93. The molecule has 2 aromatic carbocycles. The molecule has 0 aliphatic carbocycles. The van der Waals surface area contributed by atoms with Crippen molar-refractivity contribution in [3.8, 4) is 0 Å². The largest absolute Gasteiger partial charge is 0.399 e. The van der Waals surface area contributed by atoms with Gasteiger partial charge < -0.3 is 5.73 Å². The summed E-state index contributed by atoms with van der Waals surface area (Å²) in [6, 6.07) is 10.1. The predicted molar refractivity (Wildman–Crippen MR) is 76.3 cm³/mol. The number of benzene rings is 2. The van der Waals surface area contributed by atoms with Crippen molar-refractivity contribution < 1.29 is 13.0 Å². The van der Waals surface area contributed by atoms with Crippen molar-refractivity contribution in [3.05, 3.63) is 47.5 Å². The molecule has 6 nitrogen and oxygen atoms in total. The molecule has 104 valence electrons. The molecular weight excluding hydrogens is 302 g/mol. The van der Waals surface area contributed by atoms with Crippen LogP contribution in [0.5, 0.6) is 0 Å². The molecule has 0 saturated heterocycles. The number of rotatable bonds is 3. The van der Waals surface area contributed by atoms with Crippen molar-refractivity contribution in [2.45, 2.75) is 4.90 Å². The predicted octanol–water partition coefficient (Wildman–Crippen LogP) is 3.58. The zero-order valence-electron chi connectivity index (χ0n) is 10.1. The Kier molecular flexibility index (Phi) is 4.03. The van der Waals surface area contributed by atoms with E-state index < -0.39 is 10.1 Å². The minimum absolute atomic E-state index is 0.207. The van der Waals surface area contributed by atoms with Crippen LogP contribution in [0.1, 0.15) is 0 Å². The monoisotopic (exact) mass is 311 g/mol. The lowest BCUT2D eigenvalue weighted by Gasteiger charge is -1.99. The fraction of sp³-hybridized carbons (Fsp3) is 0. The Balaban J connectivity index is 2.24. The van der Waals surface area contributed by atoms with Gasteiger partial charge in [0, 0.05) is 5.69 Å². The van der Waals surface area contributed by atoms with Crippen LogP contribution in [-0.4, -0.2) is 13.0 Å². The molecule has 0 aliphatic rings. The highest BCUT2D eigenvalue weighted by molar-refractivity contribution is 7.85. The number of hydrogen-bond donors (Lipinski definition) is 2. The smallest absolute Gasteiger partial charge is 0.294 e. The van der Waals surface area contributed by atoms with E-state index in [1.807, 2.05) is 0 Å². The van der Waals surface area contributed by atoms with E-state index in [9.17, 15) is 8.42 Å². The zero-order valence-corrected chi connectivity index (χ0v) is 11.6. The number of anilines is 1. The van der Waals surface area contributed by atoms with Gasteiger partial charge in [0.15, 0.2) is 0 Å². The van der Waals surface area contributed by atoms with E-state index in [0.29, 0.717) is 22.1 Å². The Labute approximate surface area is 120 Å². The van der Waals surface area contributed by atoms with Crippen LogP contribution in [0.3, 0.4) is 0 Å². The summed E-state index contributed by atoms with van der Waals surface area (Å²) in [6.07, 6.45) is 0. The number of hydrogen-bond acceptors (Lipinski definition) is 5. The number of halogens is 1. The van der Waals surface area contributed by atoms with Gasteiger partial charge in [0.2, 0.25) is 0 Å². The molecule has 0 aliphatic heterocycles. The van der Waals surface area contributed by atoms with Gasteiger partial charge in [-0.3, -0.25) is 4.55 Å². The number of nitrogens with zero attached hydrogens (tertiary/aromatic N) is 2. The quantitative estimate of drug-likeness (QED) is 0.513. The molecule has 0 saturated carbocycles. The second-order valence-corrected chi connectivity index (χ2v) is 5.71. The van der Waals surface area contributed by atoms with E-state index in [1.165, 1.54) is 24.3 Å². The van der Waals surface area contributed by atoms with E-state index >= 15 is 0 Å². The third kappa shape index (κ3) is 3.53. The summed E-state index contributed by atoms with van der Waals surface area (Å²) in [6.45, 7) is 0. The fourth-order valence-corrected chi connectivity index (χ4v) is 2.11. The van der Waals surface area contributed by atoms with Gasteiger partial charge in [0.1, 0.15) is 5.69 Å². The Hall–Kier alpha value is -1.96. The van der Waals surface area contributed by atoms with Crippen LogP contribution in [0.4, 0.5) is 17.1 Å². The summed E-state index contributed by atoms with van der Waals surface area (Å²) in [5.41, 5.74) is 6.94. The van der Waals surface area contributed by atoms with Gasteiger partial charge in [0.25, 0.3) is 10.1 Å². The van der Waals surface area contributed by atoms with Crippen molar-refractivity contribution in [3.63, 3.8) is 0 Å². The number of azo groups is 1. The minimum atomic E-state index is -4.21. The maximum Gasteiger partial charge on any atom is 0.294 e. The third-order valence-electron chi connectivity index (χ3n) is 2.38. The standard InChI is InChI=1S/C12H10ClN3O3S/c13-11-7-8(14)1-6-12(11)16-15-9-2-4-10(5-3-9)20(17,18)19/h1-7H,14H2,(H,17,18,19). The van der Waals surface area contributed by atoms with Crippen LogP contribution in [-0.2, 0) is 10.1 Å². The van der Waals surface area contributed by atoms with E-state index in [1.54, 1.807) is 18.2 Å². The van der Waals surface area contributed by atoms with Gasteiger partial charge in [-0.25, -0.2) is 0 Å². The van der Waals surface area contributed by atoms with Gasteiger partial charge in [-0.1, -0.05) is 11.6 Å². The number of nitrogen functional groups attached to an aromatic ring is 1. The van der Waals surface area contributed by atoms with Gasteiger partial charge in [-0.05, 0) is 42.5 Å². The molecule has 0 unspecified atom stereocenters. The normalized spacial score (nSPS) is 11.9. The van der Waals surface area contributed by atoms with Gasteiger partial charge in [-0.2, -0.15) is 13.5 Å². The summed E-state index contributed by atoms with van der Waals surface area (Å²) < 4.78 is 30.6. The Morgan fingerprint density at radius 1 is 1.05 bits per heavy atom. The maximum atomic E-state index is 10.9. The van der Waals surface area contributed by atoms with Crippen LogP contribution in [0, 0.1) is 0 Å². The molecular formula is C12H10ClN3O3S. The van der Waals surface area contributed by atoms with Crippen molar-refractivity contribution in [2.24, 2.45) is 10.2 Å². The lowest BCUT2D eigenvalue weighted by molar-refractivity contribution is 0.483. The van der Waals surface area contributed by atoms with Gasteiger partial charge >= 0.3 is 0 Å². The highest BCUT2D eigenvalue weighted by Gasteiger charge is 2.08. The topological polar surface area (TPSA) is 105 Å². The molecule has 0 aromatic heterocycles. The molecule has 0 bridgehead atoms. The van der Waals surface area contributed by atoms with Crippen LogP contribution in [0.15, 0.2) is 57.6 Å². The molecule has 0 atom stereocenters. The van der Waals surface area contributed by atoms with Crippen LogP contribution < -0.4 is 5.73 Å². The molecule has 2 aromatic rings. The van der Waals surface area contributed by atoms with Gasteiger partial charge in [-0.15, -0.1) is 5.11 Å². The first-order valence-corrected chi connectivity index (χ1v) is 7.22. The Morgan fingerprint density at radius 3 is 2.25 bits per heavy atom. The summed E-state index contributed by atoms with van der Waals surface area (Å²) in [7, 11) is -4.21. The highest BCUT2D eigenvalue weighted by Crippen LogP contribution is 2.28. The maximum absolute atomic E-state index is 10.9. The fourth-order valence-electron chi connectivity index (χ4n) is 1.40. The summed E-state index contributed by atoms with van der Waals surface area (Å²) in [4.78, 5) is -0.207. The molecule has 3 N–H and O–H groups in total. The Morgan fingerprint density at radius 2 is 1.70 bits per heavy atom. The molecule has 0 heterocycles. The van der Waals surface area contributed by atoms with Crippen molar-refractivity contribution >= 4 is 38.8 Å². The highest BCUT2D eigenvalue weighted by atomic mass is 35.5.